The Balaban J connectivity index is 1.45. The van der Waals surface area contributed by atoms with Crippen LogP contribution in [0, 0.1) is 13.8 Å². The van der Waals surface area contributed by atoms with Crippen LogP contribution in [-0.4, -0.2) is 38.7 Å². The van der Waals surface area contributed by atoms with Gasteiger partial charge in [0, 0.05) is 17.8 Å². The lowest BCUT2D eigenvalue weighted by Crippen LogP contribution is -2.28. The average Bonchev–Trinajstić information content (AvgIpc) is 2.89. The molecule has 2 aromatic heterocycles. The Morgan fingerprint density at radius 2 is 1.96 bits per heavy atom. The number of nitrogens with zero attached hydrogens (tertiary/aromatic N) is 4. The predicted octanol–water partition coefficient (Wildman–Crippen LogP) is 2.32. The third kappa shape index (κ3) is 3.76. The van der Waals surface area contributed by atoms with Crippen LogP contribution in [0.4, 0.5) is 0 Å². The summed E-state index contributed by atoms with van der Waals surface area (Å²) >= 11 is 0. The summed E-state index contributed by atoms with van der Waals surface area (Å²) < 4.78 is 13.0. The molecule has 3 heterocycles. The molecule has 1 amide bonds. The second-order valence-corrected chi connectivity index (χ2v) is 7.00. The molecule has 0 radical (unpaired) electrons. The smallest absolute Gasteiger partial charge is 0.252 e. The van der Waals surface area contributed by atoms with Gasteiger partial charge >= 0.3 is 0 Å². The molecular weight excluding hydrogens is 358 g/mol. The third-order valence-corrected chi connectivity index (χ3v) is 4.63. The highest BCUT2D eigenvalue weighted by atomic mass is 16.5. The van der Waals surface area contributed by atoms with Gasteiger partial charge in [-0.05, 0) is 44.5 Å². The first-order chi connectivity index (χ1) is 13.5. The number of fused-ring (bicyclic) bond motifs is 2. The van der Waals surface area contributed by atoms with Gasteiger partial charge in [-0.2, -0.15) is 4.98 Å². The summed E-state index contributed by atoms with van der Waals surface area (Å²) in [5, 5.41) is 7.38. The number of carbonyl (C=O) groups excluding carboxylic acids is 1. The zero-order valence-corrected chi connectivity index (χ0v) is 16.2. The van der Waals surface area contributed by atoms with Crippen LogP contribution in [0.15, 0.2) is 24.3 Å². The van der Waals surface area contributed by atoms with Gasteiger partial charge in [-0.15, -0.1) is 5.10 Å². The summed E-state index contributed by atoms with van der Waals surface area (Å²) in [6, 6.07) is 7.50. The molecule has 1 aliphatic heterocycles. The molecule has 4 rings (SSSR count). The molecule has 0 spiro atoms. The van der Waals surface area contributed by atoms with Crippen LogP contribution >= 0.6 is 0 Å². The van der Waals surface area contributed by atoms with Crippen molar-refractivity contribution in [3.05, 3.63) is 47.0 Å². The molecule has 0 saturated heterocycles. The lowest BCUT2D eigenvalue weighted by atomic mass is 10.1. The fourth-order valence-electron chi connectivity index (χ4n) is 3.25. The molecule has 1 aliphatic rings. The number of carbonyl (C=O) groups is 1. The fourth-order valence-corrected chi connectivity index (χ4v) is 3.25. The minimum Gasteiger partial charge on any atom is -0.490 e. The second-order valence-electron chi connectivity index (χ2n) is 7.00. The van der Waals surface area contributed by atoms with Crippen molar-refractivity contribution in [2.45, 2.75) is 39.7 Å². The van der Waals surface area contributed by atoms with E-state index < -0.39 is 0 Å². The minimum absolute atomic E-state index is 0.0940. The van der Waals surface area contributed by atoms with E-state index in [1.54, 1.807) is 4.52 Å². The minimum atomic E-state index is -0.177. The summed E-state index contributed by atoms with van der Waals surface area (Å²) in [5.74, 6) is 2.27. The number of amides is 1. The number of rotatable bonds is 4. The Morgan fingerprint density at radius 3 is 2.79 bits per heavy atom. The molecule has 0 aliphatic carbocycles. The maximum absolute atomic E-state index is 12.5. The summed E-state index contributed by atoms with van der Waals surface area (Å²) in [4.78, 5) is 21.2. The molecule has 0 bridgehead atoms. The molecule has 1 atom stereocenters. The van der Waals surface area contributed by atoms with Crippen LogP contribution < -0.4 is 14.8 Å². The van der Waals surface area contributed by atoms with E-state index in [2.05, 4.69) is 20.4 Å². The van der Waals surface area contributed by atoms with E-state index in [1.165, 1.54) is 0 Å². The van der Waals surface area contributed by atoms with Gasteiger partial charge < -0.3 is 14.8 Å². The van der Waals surface area contributed by atoms with E-state index in [0.717, 1.165) is 34.9 Å². The number of hydrogen-bond acceptors (Lipinski definition) is 6. The largest absolute Gasteiger partial charge is 0.490 e. The van der Waals surface area contributed by atoms with Crippen molar-refractivity contribution < 1.29 is 14.3 Å². The first-order valence-electron chi connectivity index (χ1n) is 9.38. The molecule has 0 fully saturated rings. The Kier molecular flexibility index (Phi) is 4.85. The van der Waals surface area contributed by atoms with Gasteiger partial charge in [-0.3, -0.25) is 4.79 Å². The topological polar surface area (TPSA) is 90.6 Å². The van der Waals surface area contributed by atoms with Crippen molar-refractivity contribution in [1.29, 1.82) is 0 Å². The highest BCUT2D eigenvalue weighted by molar-refractivity contribution is 5.78. The molecule has 8 nitrogen and oxygen atoms in total. The van der Waals surface area contributed by atoms with Gasteiger partial charge in [0.25, 0.3) is 5.78 Å². The lowest BCUT2D eigenvalue weighted by Gasteiger charge is -2.16. The summed E-state index contributed by atoms with van der Waals surface area (Å²) in [7, 11) is 0. The first kappa shape index (κ1) is 18.2. The molecule has 146 valence electrons. The summed E-state index contributed by atoms with van der Waals surface area (Å²) in [6.45, 7) is 7.06. The monoisotopic (exact) mass is 381 g/mol. The first-order valence-corrected chi connectivity index (χ1v) is 9.38. The van der Waals surface area contributed by atoms with Gasteiger partial charge in [-0.25, -0.2) is 9.50 Å². The molecule has 1 N–H and O–H groups in total. The van der Waals surface area contributed by atoms with Crippen LogP contribution in [0.3, 0.4) is 0 Å². The zero-order chi connectivity index (χ0) is 19.7. The van der Waals surface area contributed by atoms with Crippen LogP contribution in [0.2, 0.25) is 0 Å². The second kappa shape index (κ2) is 7.46. The molecule has 3 aromatic rings. The molecule has 0 saturated carbocycles. The Bertz CT molecular complexity index is 1030. The zero-order valence-electron chi connectivity index (χ0n) is 16.2. The van der Waals surface area contributed by atoms with Crippen molar-refractivity contribution in [2.24, 2.45) is 0 Å². The van der Waals surface area contributed by atoms with Crippen LogP contribution in [0.5, 0.6) is 11.5 Å². The number of ether oxygens (including phenoxy) is 2. The maximum atomic E-state index is 12.5. The van der Waals surface area contributed by atoms with Gasteiger partial charge in [0.05, 0.1) is 25.7 Å². The van der Waals surface area contributed by atoms with E-state index in [9.17, 15) is 4.79 Å². The van der Waals surface area contributed by atoms with Crippen molar-refractivity contribution in [3.63, 3.8) is 0 Å². The van der Waals surface area contributed by atoms with Crippen LogP contribution in [0.1, 0.15) is 42.2 Å². The van der Waals surface area contributed by atoms with Gasteiger partial charge in [-0.1, -0.05) is 6.07 Å². The summed E-state index contributed by atoms with van der Waals surface area (Å²) in [6.07, 6.45) is 0.951. The van der Waals surface area contributed by atoms with Crippen molar-refractivity contribution in [1.82, 2.24) is 24.9 Å². The van der Waals surface area contributed by atoms with Gasteiger partial charge in [0.2, 0.25) is 5.91 Å². The summed E-state index contributed by atoms with van der Waals surface area (Å²) in [5.41, 5.74) is 2.76. The van der Waals surface area contributed by atoms with E-state index in [0.29, 0.717) is 24.8 Å². The van der Waals surface area contributed by atoms with Crippen LogP contribution in [0.25, 0.3) is 5.78 Å². The van der Waals surface area contributed by atoms with E-state index >= 15 is 0 Å². The quantitative estimate of drug-likeness (QED) is 0.746. The lowest BCUT2D eigenvalue weighted by molar-refractivity contribution is -0.121. The Hall–Kier alpha value is -3.16. The number of aryl methyl sites for hydroxylation is 2. The Morgan fingerprint density at radius 1 is 1.18 bits per heavy atom. The Labute approximate surface area is 162 Å². The predicted molar refractivity (Wildman–Crippen MR) is 103 cm³/mol. The van der Waals surface area contributed by atoms with Gasteiger partial charge in [0.15, 0.2) is 17.3 Å². The van der Waals surface area contributed by atoms with E-state index in [1.807, 2.05) is 45.0 Å². The molecular formula is C20H23N5O3. The van der Waals surface area contributed by atoms with Crippen molar-refractivity contribution >= 4 is 11.7 Å². The van der Waals surface area contributed by atoms with E-state index in [4.69, 9.17) is 9.47 Å². The number of aromatic nitrogens is 4. The van der Waals surface area contributed by atoms with Crippen molar-refractivity contribution in [2.75, 3.05) is 13.2 Å². The number of nitrogens with one attached hydrogen (secondary N) is 1. The maximum Gasteiger partial charge on any atom is 0.252 e. The molecule has 0 unspecified atom stereocenters. The molecule has 1 aromatic carbocycles. The number of benzene rings is 1. The number of hydrogen-bond donors (Lipinski definition) is 1. The SMILES string of the molecule is Cc1cc(C)n2nc(CC(=O)N[C@@H](C)c3ccc4c(c3)OCCCO4)nc2n1. The van der Waals surface area contributed by atoms with Crippen LogP contribution in [-0.2, 0) is 11.2 Å². The van der Waals surface area contributed by atoms with Crippen molar-refractivity contribution in [3.8, 4) is 11.5 Å². The molecule has 28 heavy (non-hydrogen) atoms. The highest BCUT2D eigenvalue weighted by Gasteiger charge is 2.17. The third-order valence-electron chi connectivity index (χ3n) is 4.63. The van der Waals surface area contributed by atoms with E-state index in [-0.39, 0.29) is 18.4 Å². The fraction of sp³-hybridized carbons (Fsp3) is 0.400. The average molecular weight is 381 g/mol. The standard InChI is InChI=1S/C20H23N5O3/c1-12-9-13(2)25-20(21-12)23-18(24-25)11-19(26)22-14(3)15-5-6-16-17(10-15)28-8-4-7-27-16/h5-6,9-10,14H,4,7-8,11H2,1-3H3,(H,22,26)/t14-/m0/s1. The normalized spacial score (nSPS) is 14.5. The molecule has 8 heteroatoms. The highest BCUT2D eigenvalue weighted by Crippen LogP contribution is 2.32. The van der Waals surface area contributed by atoms with Gasteiger partial charge in [0.1, 0.15) is 0 Å².